The van der Waals surface area contributed by atoms with Gasteiger partial charge in [-0.2, -0.15) is 0 Å². The molecule has 4 aromatic carbocycles. The van der Waals surface area contributed by atoms with E-state index in [1.165, 1.54) is 5.56 Å². The van der Waals surface area contributed by atoms with Crippen molar-refractivity contribution < 1.29 is 0 Å². The molecule has 0 unspecified atom stereocenters. The van der Waals surface area contributed by atoms with Crippen LogP contribution < -0.4 is 0 Å². The SMILES string of the molecule is C/C=C\C=C/C1=Nc2c(c(-c3cccc(-c4cc(-c5ccccc5)nc(-c5ccccc5)c4)c3)nc3ccccc23)[C@@H]1C. The molecule has 0 saturated carbocycles. The van der Waals surface area contributed by atoms with E-state index in [1.54, 1.807) is 0 Å². The van der Waals surface area contributed by atoms with Crippen molar-refractivity contribution in [1.82, 2.24) is 9.97 Å². The Morgan fingerprint density at radius 2 is 1.21 bits per heavy atom. The summed E-state index contributed by atoms with van der Waals surface area (Å²) in [6.45, 7) is 4.26. The minimum absolute atomic E-state index is 0.127. The highest BCUT2D eigenvalue weighted by molar-refractivity contribution is 6.11. The van der Waals surface area contributed by atoms with E-state index in [2.05, 4.69) is 122 Å². The van der Waals surface area contributed by atoms with Crippen molar-refractivity contribution in [1.29, 1.82) is 0 Å². The highest BCUT2D eigenvalue weighted by Crippen LogP contribution is 2.46. The van der Waals surface area contributed by atoms with Crippen LogP contribution in [0.4, 0.5) is 5.69 Å². The van der Waals surface area contributed by atoms with Gasteiger partial charge in [-0.3, -0.25) is 4.99 Å². The molecule has 2 aromatic heterocycles. The number of hydrogen-bond donors (Lipinski definition) is 0. The summed E-state index contributed by atoms with van der Waals surface area (Å²) in [5.74, 6) is 0.127. The Morgan fingerprint density at radius 1 is 0.581 bits per heavy atom. The van der Waals surface area contributed by atoms with Gasteiger partial charge in [0.25, 0.3) is 0 Å². The van der Waals surface area contributed by atoms with Gasteiger partial charge in [0.15, 0.2) is 0 Å². The quantitative estimate of drug-likeness (QED) is 0.192. The Hall–Kier alpha value is -5.41. The van der Waals surface area contributed by atoms with E-state index in [0.717, 1.165) is 67.2 Å². The van der Waals surface area contributed by atoms with Crippen LogP contribution in [0.3, 0.4) is 0 Å². The summed E-state index contributed by atoms with van der Waals surface area (Å²) >= 11 is 0. The van der Waals surface area contributed by atoms with E-state index >= 15 is 0 Å². The van der Waals surface area contributed by atoms with Crippen molar-refractivity contribution in [3.8, 4) is 44.9 Å². The lowest BCUT2D eigenvalue weighted by Gasteiger charge is -2.15. The lowest BCUT2D eigenvalue weighted by Crippen LogP contribution is -2.03. The molecule has 7 rings (SSSR count). The van der Waals surface area contributed by atoms with Crippen molar-refractivity contribution in [2.24, 2.45) is 4.99 Å². The molecule has 1 aliphatic rings. The van der Waals surface area contributed by atoms with Gasteiger partial charge in [-0.05, 0) is 48.4 Å². The molecule has 3 heteroatoms. The number of aromatic nitrogens is 2. The number of nitrogens with zero attached hydrogens (tertiary/aromatic N) is 3. The van der Waals surface area contributed by atoms with Gasteiger partial charge >= 0.3 is 0 Å². The fourth-order valence-corrected chi connectivity index (χ4v) is 5.84. The molecule has 1 aliphatic heterocycles. The van der Waals surface area contributed by atoms with Crippen LogP contribution in [0.5, 0.6) is 0 Å². The smallest absolute Gasteiger partial charge is 0.0787 e. The number of pyridine rings is 2. The van der Waals surface area contributed by atoms with E-state index in [-0.39, 0.29) is 5.92 Å². The second-order valence-corrected chi connectivity index (χ2v) is 10.8. The maximum Gasteiger partial charge on any atom is 0.0787 e. The second kappa shape index (κ2) is 11.5. The van der Waals surface area contributed by atoms with Crippen LogP contribution in [0, 0.1) is 0 Å². The zero-order chi connectivity index (χ0) is 29.2. The standard InChI is InChI=1S/C40H31N3/c1-3-4-7-22-34-27(2)38-39(43-35-23-13-12-21-33(35)40(38)42-34)31-20-14-19-30(24-31)32-25-36(28-15-8-5-9-16-28)41-37(26-32)29-17-10-6-11-18-29/h3-27H,1-2H3/b4-3-,22-7-/t27-/m1/s1. The molecule has 43 heavy (non-hydrogen) atoms. The van der Waals surface area contributed by atoms with Gasteiger partial charge in [-0.25, -0.2) is 9.97 Å². The van der Waals surface area contributed by atoms with Crippen LogP contribution in [0.25, 0.3) is 55.8 Å². The molecule has 1 atom stereocenters. The number of rotatable bonds is 6. The Balaban J connectivity index is 1.38. The fourth-order valence-electron chi connectivity index (χ4n) is 5.84. The number of fused-ring (bicyclic) bond motifs is 3. The summed E-state index contributed by atoms with van der Waals surface area (Å²) in [5.41, 5.74) is 12.6. The van der Waals surface area contributed by atoms with E-state index < -0.39 is 0 Å². The molecular weight excluding hydrogens is 522 g/mol. The van der Waals surface area contributed by atoms with Gasteiger partial charge in [0.1, 0.15) is 0 Å². The molecule has 3 nitrogen and oxygen atoms in total. The molecule has 0 aliphatic carbocycles. The van der Waals surface area contributed by atoms with Gasteiger partial charge in [0.2, 0.25) is 0 Å². The number of aliphatic imine (C=N–C) groups is 1. The normalized spacial score (nSPS) is 14.5. The van der Waals surface area contributed by atoms with E-state index in [0.29, 0.717) is 0 Å². The average Bonchev–Trinajstić information content (AvgIpc) is 3.41. The number of para-hydroxylation sites is 1. The minimum Gasteiger partial charge on any atom is -0.252 e. The highest BCUT2D eigenvalue weighted by atomic mass is 14.8. The first-order valence-electron chi connectivity index (χ1n) is 14.7. The van der Waals surface area contributed by atoms with Crippen molar-refractivity contribution in [3.05, 3.63) is 151 Å². The maximum atomic E-state index is 5.24. The topological polar surface area (TPSA) is 38.1 Å². The number of benzene rings is 4. The highest BCUT2D eigenvalue weighted by Gasteiger charge is 2.28. The molecule has 0 fully saturated rings. The molecule has 6 aromatic rings. The van der Waals surface area contributed by atoms with Crippen LogP contribution in [0.15, 0.2) is 151 Å². The van der Waals surface area contributed by atoms with Crippen LogP contribution in [0.1, 0.15) is 25.3 Å². The summed E-state index contributed by atoms with van der Waals surface area (Å²) in [7, 11) is 0. The lowest BCUT2D eigenvalue weighted by atomic mass is 9.90. The van der Waals surface area contributed by atoms with Gasteiger partial charge in [-0.15, -0.1) is 0 Å². The Bertz CT molecular complexity index is 1980. The summed E-state index contributed by atoms with van der Waals surface area (Å²) in [5, 5.41) is 1.09. The Morgan fingerprint density at radius 3 is 1.91 bits per heavy atom. The third-order valence-electron chi connectivity index (χ3n) is 8.02. The van der Waals surface area contributed by atoms with Crippen molar-refractivity contribution >= 4 is 22.3 Å². The third kappa shape index (κ3) is 5.11. The molecule has 0 radical (unpaired) electrons. The Labute approximate surface area is 252 Å². The number of hydrogen-bond acceptors (Lipinski definition) is 3. The summed E-state index contributed by atoms with van der Waals surface area (Å²) in [6.07, 6.45) is 8.26. The largest absolute Gasteiger partial charge is 0.252 e. The molecule has 0 amide bonds. The second-order valence-electron chi connectivity index (χ2n) is 10.8. The molecule has 3 heterocycles. The molecule has 0 N–H and O–H groups in total. The summed E-state index contributed by atoms with van der Waals surface area (Å²) < 4.78 is 0. The van der Waals surface area contributed by atoms with Gasteiger partial charge < -0.3 is 0 Å². The first kappa shape index (κ1) is 26.5. The van der Waals surface area contributed by atoms with Crippen molar-refractivity contribution in [2.75, 3.05) is 0 Å². The average molecular weight is 554 g/mol. The maximum absolute atomic E-state index is 5.24. The van der Waals surface area contributed by atoms with Gasteiger partial charge in [-0.1, -0.05) is 122 Å². The number of allylic oxidation sites excluding steroid dienone is 4. The van der Waals surface area contributed by atoms with Crippen LogP contribution in [-0.4, -0.2) is 15.7 Å². The fraction of sp³-hybridized carbons (Fsp3) is 0.0750. The van der Waals surface area contributed by atoms with E-state index in [9.17, 15) is 0 Å². The zero-order valence-electron chi connectivity index (χ0n) is 24.3. The first-order valence-corrected chi connectivity index (χ1v) is 14.7. The van der Waals surface area contributed by atoms with Crippen LogP contribution >= 0.6 is 0 Å². The predicted molar refractivity (Wildman–Crippen MR) is 181 cm³/mol. The monoisotopic (exact) mass is 553 g/mol. The predicted octanol–water partition coefficient (Wildman–Crippen LogP) is 10.6. The molecule has 0 spiro atoms. The van der Waals surface area contributed by atoms with Crippen LogP contribution in [-0.2, 0) is 0 Å². The first-order chi connectivity index (χ1) is 21.2. The molecule has 206 valence electrons. The minimum atomic E-state index is 0.127. The van der Waals surface area contributed by atoms with Crippen molar-refractivity contribution in [2.45, 2.75) is 19.8 Å². The molecule has 0 saturated heterocycles. The van der Waals surface area contributed by atoms with Gasteiger partial charge in [0.05, 0.1) is 28.3 Å². The van der Waals surface area contributed by atoms with Crippen LogP contribution in [0.2, 0.25) is 0 Å². The van der Waals surface area contributed by atoms with E-state index in [1.807, 2.05) is 37.3 Å². The lowest BCUT2D eigenvalue weighted by molar-refractivity contribution is 1.05. The Kier molecular flexibility index (Phi) is 7.06. The van der Waals surface area contributed by atoms with E-state index in [4.69, 9.17) is 15.0 Å². The third-order valence-corrected chi connectivity index (χ3v) is 8.02. The summed E-state index contributed by atoms with van der Waals surface area (Å²) in [6, 6.07) is 42.2. The molecule has 0 bridgehead atoms. The molecular formula is C40H31N3. The summed E-state index contributed by atoms with van der Waals surface area (Å²) in [4.78, 5) is 15.4. The zero-order valence-corrected chi connectivity index (χ0v) is 24.3. The van der Waals surface area contributed by atoms with Gasteiger partial charge in [0, 0.05) is 39.3 Å². The van der Waals surface area contributed by atoms with Crippen molar-refractivity contribution in [3.63, 3.8) is 0 Å².